The molecule has 3 aromatic carbocycles. The molecule has 0 bridgehead atoms. The molecule has 2 fully saturated rings. The predicted octanol–water partition coefficient (Wildman–Crippen LogP) is 6.28. The Kier molecular flexibility index (Phi) is 17.2. The lowest BCUT2D eigenvalue weighted by Crippen LogP contribution is -2.55. The summed E-state index contributed by atoms with van der Waals surface area (Å²) in [5, 5.41) is 13.8. The summed E-state index contributed by atoms with van der Waals surface area (Å²) in [6.45, 7) is 15.4. The Balaban J connectivity index is 1.45. The number of benzene rings is 3. The molecule has 64 heavy (non-hydrogen) atoms. The van der Waals surface area contributed by atoms with Crippen molar-refractivity contribution >= 4 is 29.5 Å². The molecule has 14 nitrogen and oxygen atoms in total. The summed E-state index contributed by atoms with van der Waals surface area (Å²) in [4.78, 5) is 63.8. The van der Waals surface area contributed by atoms with Crippen LogP contribution in [0.15, 0.2) is 66.7 Å². The number of carbonyl (C=O) groups excluding carboxylic acids is 4. The summed E-state index contributed by atoms with van der Waals surface area (Å²) in [5.74, 6) is 0.122. The predicted molar refractivity (Wildman–Crippen MR) is 252 cm³/mol. The topological polar surface area (TPSA) is 154 Å². The first-order valence-electron chi connectivity index (χ1n) is 22.7. The second-order valence-electron chi connectivity index (χ2n) is 19.0. The van der Waals surface area contributed by atoms with Gasteiger partial charge in [0.2, 0.25) is 11.8 Å². The van der Waals surface area contributed by atoms with E-state index >= 15 is 0 Å². The van der Waals surface area contributed by atoms with Gasteiger partial charge >= 0.3 is 6.09 Å². The monoisotopic (exact) mass is 884 g/mol. The zero-order valence-corrected chi connectivity index (χ0v) is 40.1. The number of amides is 4. The molecule has 2 aliphatic rings. The van der Waals surface area contributed by atoms with Gasteiger partial charge in [-0.05, 0) is 93.8 Å². The number of ether oxygens (including phenoxy) is 2. The average molecular weight is 884 g/mol. The zero-order chi connectivity index (χ0) is 46.9. The number of methoxy groups -OCH3 is 1. The first-order chi connectivity index (χ1) is 30.3. The number of nitrogens with one attached hydrogen (secondary N) is 4. The Hall–Kier alpha value is -5.18. The number of hydrogen-bond donors (Lipinski definition) is 4. The first kappa shape index (κ1) is 49.8. The van der Waals surface area contributed by atoms with Crippen molar-refractivity contribution < 1.29 is 33.5 Å². The number of hydroxylamine groups is 2. The average Bonchev–Trinajstić information content (AvgIpc) is 3.57. The van der Waals surface area contributed by atoms with Crippen LogP contribution in [-0.2, 0) is 32.1 Å². The Morgan fingerprint density at radius 1 is 0.938 bits per heavy atom. The zero-order valence-electron chi connectivity index (χ0n) is 40.1. The van der Waals surface area contributed by atoms with Gasteiger partial charge in [-0.2, -0.15) is 5.06 Å². The highest BCUT2D eigenvalue weighted by Crippen LogP contribution is 2.44. The maximum absolute atomic E-state index is 14.7. The molecule has 4 amide bonds. The lowest BCUT2D eigenvalue weighted by atomic mass is 9.63. The van der Waals surface area contributed by atoms with Crippen LogP contribution >= 0.6 is 0 Å². The van der Waals surface area contributed by atoms with E-state index in [0.717, 1.165) is 40.8 Å². The Labute approximate surface area is 381 Å². The van der Waals surface area contributed by atoms with Crippen molar-refractivity contribution in [2.24, 2.45) is 23.2 Å². The third kappa shape index (κ3) is 12.8. The standard InChI is InChI=1S/C50H73N7O7/c1-31-32(2)50(6,7)22-21-43(31)54-48(60)45-44(33(3)63-49(61)52-24-23-51-35(5)58)34(4)64-57(45)29-37-19-16-20-42(46(37)62-12)38-26-39(28-41(27-38)56(10)11)47(59)53-40(30-55(8)9)25-36-17-14-13-15-18-36/h13-20,26-28,31-34,40,43-45H,21-25,29-30H2,1-12H3,(H,51,58)(H,52,61)(H,53,59)(H,54,60)/t31-,32-,33-,34-,40-,43-,44+,45-/m0/s1. The minimum Gasteiger partial charge on any atom is -0.496 e. The van der Waals surface area contributed by atoms with Crippen molar-refractivity contribution in [3.8, 4) is 16.9 Å². The van der Waals surface area contributed by atoms with Gasteiger partial charge in [0, 0.05) is 75.1 Å². The fourth-order valence-electron chi connectivity index (χ4n) is 9.39. The second-order valence-corrected chi connectivity index (χ2v) is 19.0. The van der Waals surface area contributed by atoms with E-state index in [1.807, 2.05) is 94.6 Å². The van der Waals surface area contributed by atoms with Crippen molar-refractivity contribution in [2.45, 2.75) is 105 Å². The van der Waals surface area contributed by atoms with Gasteiger partial charge < -0.3 is 40.5 Å². The molecule has 0 unspecified atom stereocenters. The Morgan fingerprint density at radius 3 is 2.30 bits per heavy atom. The van der Waals surface area contributed by atoms with E-state index in [-0.39, 0.29) is 60.8 Å². The van der Waals surface area contributed by atoms with Gasteiger partial charge in [0.1, 0.15) is 17.9 Å². The van der Waals surface area contributed by atoms with Crippen LogP contribution in [0.1, 0.15) is 82.8 Å². The molecule has 1 heterocycles. The number of carbonyl (C=O) groups is 4. The van der Waals surface area contributed by atoms with Gasteiger partial charge in [-0.15, -0.1) is 0 Å². The molecular formula is C50H73N7O7. The van der Waals surface area contributed by atoms with Crippen molar-refractivity contribution in [1.29, 1.82) is 0 Å². The number of nitrogens with zero attached hydrogens (tertiary/aromatic N) is 3. The third-order valence-electron chi connectivity index (χ3n) is 13.4. The molecule has 350 valence electrons. The van der Waals surface area contributed by atoms with E-state index in [4.69, 9.17) is 14.3 Å². The van der Waals surface area contributed by atoms with Gasteiger partial charge in [-0.25, -0.2) is 4.79 Å². The molecule has 1 saturated heterocycles. The smallest absolute Gasteiger partial charge is 0.407 e. The Morgan fingerprint density at radius 2 is 1.64 bits per heavy atom. The summed E-state index contributed by atoms with van der Waals surface area (Å²) in [6, 6.07) is 20.9. The lowest BCUT2D eigenvalue weighted by molar-refractivity contribution is -0.173. The van der Waals surface area contributed by atoms with Crippen LogP contribution < -0.4 is 30.9 Å². The van der Waals surface area contributed by atoms with Gasteiger partial charge in [-0.3, -0.25) is 19.2 Å². The van der Waals surface area contributed by atoms with Crippen LogP contribution in [0.4, 0.5) is 10.5 Å². The fourth-order valence-corrected chi connectivity index (χ4v) is 9.39. The summed E-state index contributed by atoms with van der Waals surface area (Å²) < 4.78 is 12.1. The molecule has 0 spiro atoms. The highest BCUT2D eigenvalue weighted by molar-refractivity contribution is 5.97. The number of rotatable bonds is 18. The molecule has 3 aromatic rings. The minimum absolute atomic E-state index is 0.0352. The van der Waals surface area contributed by atoms with Crippen LogP contribution in [0.3, 0.4) is 0 Å². The van der Waals surface area contributed by atoms with E-state index in [9.17, 15) is 19.2 Å². The molecule has 14 heteroatoms. The second kappa shape index (κ2) is 22.1. The van der Waals surface area contributed by atoms with Gasteiger partial charge in [0.05, 0.1) is 25.7 Å². The molecule has 5 rings (SSSR count). The first-order valence-corrected chi connectivity index (χ1v) is 22.7. The number of para-hydroxylation sites is 1. The quantitative estimate of drug-likeness (QED) is 0.108. The normalized spacial score (nSPS) is 22.8. The summed E-state index contributed by atoms with van der Waals surface area (Å²) in [5.41, 5.74) is 5.01. The van der Waals surface area contributed by atoms with Crippen LogP contribution in [0.2, 0.25) is 0 Å². The van der Waals surface area contributed by atoms with Crippen LogP contribution in [0, 0.1) is 23.2 Å². The van der Waals surface area contributed by atoms with Crippen LogP contribution in [0.25, 0.3) is 11.1 Å². The highest BCUT2D eigenvalue weighted by Gasteiger charge is 2.50. The van der Waals surface area contributed by atoms with Crippen molar-refractivity contribution in [2.75, 3.05) is 59.8 Å². The van der Waals surface area contributed by atoms with Crippen LogP contribution in [0.5, 0.6) is 5.75 Å². The van der Waals surface area contributed by atoms with Gasteiger partial charge in [0.25, 0.3) is 5.91 Å². The number of likely N-dealkylation sites (N-methyl/N-ethyl adjacent to an activating group) is 1. The largest absolute Gasteiger partial charge is 0.496 e. The van der Waals surface area contributed by atoms with Crippen molar-refractivity contribution in [1.82, 2.24) is 31.2 Å². The molecule has 8 atom stereocenters. The maximum atomic E-state index is 14.7. The molecule has 1 aliphatic carbocycles. The molecular weight excluding hydrogens is 811 g/mol. The summed E-state index contributed by atoms with van der Waals surface area (Å²) >= 11 is 0. The van der Waals surface area contributed by atoms with Crippen LogP contribution in [-0.4, -0.2) is 119 Å². The maximum Gasteiger partial charge on any atom is 0.407 e. The molecule has 4 N–H and O–H groups in total. The highest BCUT2D eigenvalue weighted by atomic mass is 16.7. The SMILES string of the molecule is COc1c(CN2O[C@@H](C)[C@@H]([C@H](C)OC(=O)NCCNC(C)=O)[C@H]2C(=O)N[C@H]2CCC(C)(C)[C@@H](C)[C@@H]2C)cccc1-c1cc(C(=O)N[C@@H](Cc2ccccc2)CN(C)C)cc(N(C)C)c1. The molecule has 1 saturated carbocycles. The minimum atomic E-state index is -0.818. The Bertz CT molecular complexity index is 2060. The molecule has 0 radical (unpaired) electrons. The lowest BCUT2D eigenvalue weighted by Gasteiger charge is -2.46. The van der Waals surface area contributed by atoms with Crippen molar-refractivity contribution in [3.63, 3.8) is 0 Å². The summed E-state index contributed by atoms with van der Waals surface area (Å²) in [6.07, 6.45) is 0.670. The van der Waals surface area contributed by atoms with E-state index in [0.29, 0.717) is 30.2 Å². The van der Waals surface area contributed by atoms with Gasteiger partial charge in [-0.1, -0.05) is 76.2 Å². The number of hydrogen-bond acceptors (Lipinski definition) is 10. The number of anilines is 1. The molecule has 1 aliphatic heterocycles. The fraction of sp³-hybridized carbons (Fsp3) is 0.560. The molecule has 0 aromatic heterocycles. The number of alkyl carbamates (subject to hydrolysis) is 1. The third-order valence-corrected chi connectivity index (χ3v) is 13.4. The van der Waals surface area contributed by atoms with E-state index in [1.165, 1.54) is 6.92 Å². The van der Waals surface area contributed by atoms with Crippen molar-refractivity contribution in [3.05, 3.63) is 83.4 Å². The van der Waals surface area contributed by atoms with E-state index in [1.54, 1.807) is 19.1 Å². The summed E-state index contributed by atoms with van der Waals surface area (Å²) in [7, 11) is 9.52. The van der Waals surface area contributed by atoms with E-state index in [2.05, 4.69) is 66.0 Å². The van der Waals surface area contributed by atoms with E-state index < -0.39 is 30.3 Å². The van der Waals surface area contributed by atoms with Gasteiger partial charge in [0.15, 0.2) is 0 Å².